The second-order valence-corrected chi connectivity index (χ2v) is 2.04. The van der Waals surface area contributed by atoms with E-state index in [0.717, 1.165) is 10.6 Å². The summed E-state index contributed by atoms with van der Waals surface area (Å²) in [7, 11) is 0. The molecule has 0 unspecified atom stereocenters. The van der Waals surface area contributed by atoms with E-state index in [0.29, 0.717) is 0 Å². The van der Waals surface area contributed by atoms with E-state index in [9.17, 15) is 0 Å². The summed E-state index contributed by atoms with van der Waals surface area (Å²) in [4.78, 5) is 0.796. The first-order valence-corrected chi connectivity index (χ1v) is 2.72. The van der Waals surface area contributed by atoms with Gasteiger partial charge in [0.2, 0.25) is 0 Å². The highest BCUT2D eigenvalue weighted by molar-refractivity contribution is 7.80. The molecule has 0 fully saturated rings. The van der Waals surface area contributed by atoms with Crippen LogP contribution in [0.1, 0.15) is 0 Å². The molecule has 1 aromatic rings. The van der Waals surface area contributed by atoms with Crippen molar-refractivity contribution in [3.8, 4) is 0 Å². The maximum atomic E-state index is 5.39. The van der Waals surface area contributed by atoms with Crippen molar-refractivity contribution < 1.29 is 0 Å². The molecule has 1 radical (unpaired) electrons. The molecule has 8 heavy (non-hydrogen) atoms. The standard InChI is InChI=1S/C6H6NS/c7-5-2-1-3-6(8)4-5/h1-4H,7H2. The highest BCUT2D eigenvalue weighted by Gasteiger charge is 1.83. The fraction of sp³-hybridized carbons (Fsp3) is 0. The molecule has 1 aromatic carbocycles. The van der Waals surface area contributed by atoms with Crippen LogP contribution in [0.4, 0.5) is 5.69 Å². The summed E-state index contributed by atoms with van der Waals surface area (Å²) in [5.41, 5.74) is 6.13. The Labute approximate surface area is 53.9 Å². The van der Waals surface area contributed by atoms with Gasteiger partial charge in [-0.15, -0.1) is 0 Å². The number of anilines is 1. The molecular formula is C6H6NS. The van der Waals surface area contributed by atoms with Crippen molar-refractivity contribution in [3.05, 3.63) is 24.3 Å². The summed E-state index contributed by atoms with van der Waals surface area (Å²) in [5, 5.41) is 0. The molecule has 0 aliphatic heterocycles. The maximum Gasteiger partial charge on any atom is 0.0397 e. The topological polar surface area (TPSA) is 26.0 Å². The van der Waals surface area contributed by atoms with Crippen molar-refractivity contribution >= 4 is 18.3 Å². The first-order valence-electron chi connectivity index (χ1n) is 2.31. The van der Waals surface area contributed by atoms with Gasteiger partial charge in [0.05, 0.1) is 0 Å². The molecule has 0 spiro atoms. The number of rotatable bonds is 0. The molecule has 0 atom stereocenters. The zero-order valence-electron chi connectivity index (χ0n) is 4.29. The van der Waals surface area contributed by atoms with Gasteiger partial charge in [0.25, 0.3) is 0 Å². The van der Waals surface area contributed by atoms with E-state index >= 15 is 0 Å². The van der Waals surface area contributed by atoms with E-state index in [-0.39, 0.29) is 0 Å². The van der Waals surface area contributed by atoms with E-state index < -0.39 is 0 Å². The van der Waals surface area contributed by atoms with Crippen molar-refractivity contribution in [1.82, 2.24) is 0 Å². The van der Waals surface area contributed by atoms with Crippen molar-refractivity contribution in [2.45, 2.75) is 4.90 Å². The molecule has 0 amide bonds. The first kappa shape index (κ1) is 5.38. The third kappa shape index (κ3) is 1.10. The molecule has 0 aliphatic rings. The minimum atomic E-state index is 0.734. The van der Waals surface area contributed by atoms with Gasteiger partial charge in [-0.25, -0.2) is 0 Å². The van der Waals surface area contributed by atoms with Crippen molar-refractivity contribution in [2.75, 3.05) is 5.73 Å². The van der Waals surface area contributed by atoms with Gasteiger partial charge in [0, 0.05) is 10.6 Å². The van der Waals surface area contributed by atoms with Crippen LogP contribution in [0.2, 0.25) is 0 Å². The third-order valence-electron chi connectivity index (χ3n) is 0.858. The summed E-state index contributed by atoms with van der Waals surface area (Å²) in [6.45, 7) is 0. The summed E-state index contributed by atoms with van der Waals surface area (Å²) >= 11 is 4.82. The molecule has 0 heterocycles. The van der Waals surface area contributed by atoms with Crippen LogP contribution in [0.5, 0.6) is 0 Å². The fourth-order valence-electron chi connectivity index (χ4n) is 0.515. The molecule has 1 rings (SSSR count). The van der Waals surface area contributed by atoms with E-state index in [4.69, 9.17) is 18.4 Å². The smallest absolute Gasteiger partial charge is 0.0397 e. The lowest BCUT2D eigenvalue weighted by Gasteiger charge is -1.89. The van der Waals surface area contributed by atoms with Crippen molar-refractivity contribution in [2.24, 2.45) is 0 Å². The molecule has 2 heteroatoms. The molecular weight excluding hydrogens is 118 g/mol. The van der Waals surface area contributed by atoms with Crippen LogP contribution in [-0.4, -0.2) is 0 Å². The molecule has 2 N–H and O–H groups in total. The lowest BCUT2D eigenvalue weighted by molar-refractivity contribution is 1.48. The van der Waals surface area contributed by atoms with Crippen LogP contribution in [-0.2, 0) is 0 Å². The Bertz CT molecular complexity index is 168. The summed E-state index contributed by atoms with van der Waals surface area (Å²) in [5.74, 6) is 0. The van der Waals surface area contributed by atoms with Crippen molar-refractivity contribution in [1.29, 1.82) is 0 Å². The predicted molar refractivity (Wildman–Crippen MR) is 36.7 cm³/mol. The monoisotopic (exact) mass is 124 g/mol. The number of nitrogens with two attached hydrogens (primary N) is 1. The Morgan fingerprint density at radius 3 is 2.50 bits per heavy atom. The van der Waals surface area contributed by atoms with E-state index in [1.54, 1.807) is 6.07 Å². The largest absolute Gasteiger partial charge is 0.399 e. The lowest BCUT2D eigenvalue weighted by atomic mass is 10.3. The SMILES string of the molecule is Nc1cccc([S])c1. The van der Waals surface area contributed by atoms with Crippen molar-refractivity contribution in [3.63, 3.8) is 0 Å². The minimum absolute atomic E-state index is 0.734. The third-order valence-corrected chi connectivity index (χ3v) is 1.11. The van der Waals surface area contributed by atoms with Gasteiger partial charge >= 0.3 is 0 Å². The van der Waals surface area contributed by atoms with Gasteiger partial charge in [0.15, 0.2) is 0 Å². The Morgan fingerprint density at radius 1 is 1.38 bits per heavy atom. The van der Waals surface area contributed by atoms with E-state index in [1.807, 2.05) is 18.2 Å². The molecule has 0 saturated carbocycles. The highest BCUT2D eigenvalue weighted by Crippen LogP contribution is 2.08. The minimum Gasteiger partial charge on any atom is -0.399 e. The number of benzene rings is 1. The Morgan fingerprint density at radius 2 is 2.12 bits per heavy atom. The second-order valence-electron chi connectivity index (χ2n) is 1.57. The Hall–Kier alpha value is -0.760. The molecule has 0 aromatic heterocycles. The number of hydrogen-bond acceptors (Lipinski definition) is 1. The van der Waals surface area contributed by atoms with E-state index in [2.05, 4.69) is 0 Å². The van der Waals surface area contributed by atoms with Crippen LogP contribution >= 0.6 is 12.6 Å². The van der Waals surface area contributed by atoms with Gasteiger partial charge < -0.3 is 5.73 Å². The maximum absolute atomic E-state index is 5.39. The van der Waals surface area contributed by atoms with Gasteiger partial charge in [-0.1, -0.05) is 18.7 Å². The van der Waals surface area contributed by atoms with Gasteiger partial charge in [0.1, 0.15) is 0 Å². The first-order chi connectivity index (χ1) is 3.79. The van der Waals surface area contributed by atoms with Crippen LogP contribution < -0.4 is 5.73 Å². The second kappa shape index (κ2) is 2.01. The number of hydrogen-bond donors (Lipinski definition) is 1. The summed E-state index contributed by atoms with van der Waals surface area (Å²) < 4.78 is 0. The van der Waals surface area contributed by atoms with Crippen LogP contribution in [0, 0.1) is 0 Å². The molecule has 41 valence electrons. The van der Waals surface area contributed by atoms with Gasteiger partial charge in [-0.3, -0.25) is 0 Å². The lowest BCUT2D eigenvalue weighted by Crippen LogP contribution is -1.81. The predicted octanol–water partition coefficient (Wildman–Crippen LogP) is 1.83. The van der Waals surface area contributed by atoms with E-state index in [1.165, 1.54) is 0 Å². The molecule has 1 nitrogen and oxygen atoms in total. The summed E-state index contributed by atoms with van der Waals surface area (Å²) in [6.07, 6.45) is 0. The van der Waals surface area contributed by atoms with Crippen LogP contribution in [0.3, 0.4) is 0 Å². The zero-order chi connectivity index (χ0) is 5.98. The zero-order valence-corrected chi connectivity index (χ0v) is 5.11. The Balaban J connectivity index is 3.08. The Kier molecular flexibility index (Phi) is 1.35. The number of nitrogen functional groups attached to an aromatic ring is 1. The summed E-state index contributed by atoms with van der Waals surface area (Å²) in [6, 6.07) is 7.26. The van der Waals surface area contributed by atoms with Crippen LogP contribution in [0.15, 0.2) is 29.2 Å². The highest BCUT2D eigenvalue weighted by atomic mass is 32.1. The fourth-order valence-corrected chi connectivity index (χ4v) is 0.729. The molecule has 0 aliphatic carbocycles. The molecule has 0 bridgehead atoms. The van der Waals surface area contributed by atoms with Crippen LogP contribution in [0.25, 0.3) is 0 Å². The quantitative estimate of drug-likeness (QED) is 0.524. The molecule has 0 saturated heterocycles. The average Bonchev–Trinajstić information content (AvgIpc) is 1.64. The average molecular weight is 124 g/mol. The van der Waals surface area contributed by atoms with Gasteiger partial charge in [-0.05, 0) is 18.2 Å². The normalized spacial score (nSPS) is 9.00. The van der Waals surface area contributed by atoms with Gasteiger partial charge in [-0.2, -0.15) is 0 Å².